The summed E-state index contributed by atoms with van der Waals surface area (Å²) in [6.07, 6.45) is -4.42. The number of benzene rings is 3. The first-order valence-corrected chi connectivity index (χ1v) is 10.5. The third-order valence-electron chi connectivity index (χ3n) is 5.96. The van der Waals surface area contributed by atoms with Crippen molar-refractivity contribution in [3.8, 4) is 11.1 Å². The summed E-state index contributed by atoms with van der Waals surface area (Å²) >= 11 is 0. The van der Waals surface area contributed by atoms with Gasteiger partial charge in [-0.25, -0.2) is 0 Å². The van der Waals surface area contributed by atoms with Crippen molar-refractivity contribution in [1.82, 2.24) is 4.98 Å². The lowest BCUT2D eigenvalue weighted by atomic mass is 9.83. The average molecular weight is 424 g/mol. The maximum atomic E-state index is 13.8. The monoisotopic (exact) mass is 423 g/mol. The van der Waals surface area contributed by atoms with Gasteiger partial charge in [0, 0.05) is 21.9 Å². The Labute approximate surface area is 181 Å². The number of aromatic amines is 1. The van der Waals surface area contributed by atoms with Gasteiger partial charge in [-0.3, -0.25) is 0 Å². The van der Waals surface area contributed by atoms with Crippen LogP contribution in [0.5, 0.6) is 0 Å². The van der Waals surface area contributed by atoms with E-state index in [-0.39, 0.29) is 16.4 Å². The second-order valence-electron chi connectivity index (χ2n) is 10.4. The summed E-state index contributed by atoms with van der Waals surface area (Å²) < 4.78 is 41.5. The molecule has 3 aromatic carbocycles. The predicted octanol–water partition coefficient (Wildman–Crippen LogP) is 8.60. The quantitative estimate of drug-likeness (QED) is 0.315. The van der Waals surface area contributed by atoms with Gasteiger partial charge in [0.25, 0.3) is 0 Å². The van der Waals surface area contributed by atoms with Crippen molar-refractivity contribution < 1.29 is 13.2 Å². The van der Waals surface area contributed by atoms with Crippen molar-refractivity contribution >= 4 is 21.8 Å². The van der Waals surface area contributed by atoms with E-state index in [0.717, 1.165) is 33.4 Å². The molecule has 162 valence electrons. The highest BCUT2D eigenvalue weighted by Gasteiger charge is 2.34. The maximum absolute atomic E-state index is 13.8. The van der Waals surface area contributed by atoms with Crippen LogP contribution in [0, 0.1) is 0 Å². The number of hydrogen-bond donors (Lipinski definition) is 1. The third kappa shape index (κ3) is 3.84. The van der Waals surface area contributed by atoms with E-state index >= 15 is 0 Å². The zero-order chi connectivity index (χ0) is 22.8. The van der Waals surface area contributed by atoms with E-state index < -0.39 is 11.7 Å². The summed E-state index contributed by atoms with van der Waals surface area (Å²) in [5, 5.41) is 2.00. The molecule has 0 atom stereocenters. The van der Waals surface area contributed by atoms with Gasteiger partial charge in [0.05, 0.1) is 11.1 Å². The predicted molar refractivity (Wildman–Crippen MR) is 124 cm³/mol. The Hall–Kier alpha value is -2.75. The van der Waals surface area contributed by atoms with Crippen molar-refractivity contribution in [3.05, 3.63) is 71.3 Å². The molecule has 0 radical (unpaired) electrons. The molecule has 31 heavy (non-hydrogen) atoms. The zero-order valence-corrected chi connectivity index (χ0v) is 18.8. The molecule has 0 saturated heterocycles. The SMILES string of the molecule is CC(C)(C)c1ccc2[nH]c3c(-c4ccccc4C(F)(F)F)cc(C(C)(C)C)cc3c2c1. The summed E-state index contributed by atoms with van der Waals surface area (Å²) in [5.74, 6) is 0. The van der Waals surface area contributed by atoms with Crippen molar-refractivity contribution in [2.45, 2.75) is 58.5 Å². The largest absolute Gasteiger partial charge is 0.417 e. The Balaban J connectivity index is 2.14. The molecule has 0 spiro atoms. The topological polar surface area (TPSA) is 15.8 Å². The Morgan fingerprint density at radius 2 is 1.26 bits per heavy atom. The lowest BCUT2D eigenvalue weighted by Crippen LogP contribution is -2.12. The molecular weight excluding hydrogens is 395 g/mol. The minimum absolute atomic E-state index is 0.0227. The number of H-pyrrole nitrogens is 1. The highest BCUT2D eigenvalue weighted by Crippen LogP contribution is 2.43. The van der Waals surface area contributed by atoms with Gasteiger partial charge in [-0.05, 0) is 57.9 Å². The smallest absolute Gasteiger partial charge is 0.354 e. The van der Waals surface area contributed by atoms with Crippen LogP contribution >= 0.6 is 0 Å². The van der Waals surface area contributed by atoms with E-state index in [1.54, 1.807) is 12.1 Å². The van der Waals surface area contributed by atoms with Gasteiger partial charge >= 0.3 is 6.18 Å². The van der Waals surface area contributed by atoms with Gasteiger partial charge in [0.15, 0.2) is 0 Å². The van der Waals surface area contributed by atoms with Gasteiger partial charge in [0.1, 0.15) is 0 Å². The fraction of sp³-hybridized carbons (Fsp3) is 0.333. The summed E-state index contributed by atoms with van der Waals surface area (Å²) in [6, 6.07) is 16.2. The fourth-order valence-electron chi connectivity index (χ4n) is 4.08. The van der Waals surface area contributed by atoms with Crippen molar-refractivity contribution in [2.75, 3.05) is 0 Å². The van der Waals surface area contributed by atoms with E-state index in [4.69, 9.17) is 0 Å². The molecular formula is C27H28F3N. The molecule has 1 N–H and O–H groups in total. The molecule has 1 aromatic heterocycles. The summed E-state index contributed by atoms with van der Waals surface area (Å²) in [4.78, 5) is 3.41. The molecule has 0 saturated carbocycles. The first-order chi connectivity index (χ1) is 14.3. The first-order valence-electron chi connectivity index (χ1n) is 10.5. The molecule has 0 bridgehead atoms. The van der Waals surface area contributed by atoms with Crippen LogP contribution in [0.2, 0.25) is 0 Å². The molecule has 0 unspecified atom stereocenters. The zero-order valence-electron chi connectivity index (χ0n) is 18.8. The Morgan fingerprint density at radius 3 is 1.87 bits per heavy atom. The highest BCUT2D eigenvalue weighted by molar-refractivity contribution is 6.12. The first kappa shape index (κ1) is 21.5. The van der Waals surface area contributed by atoms with Crippen molar-refractivity contribution in [2.24, 2.45) is 0 Å². The van der Waals surface area contributed by atoms with Crippen LogP contribution < -0.4 is 0 Å². The van der Waals surface area contributed by atoms with E-state index in [2.05, 4.69) is 64.7 Å². The number of halogens is 3. The molecule has 4 rings (SSSR count). The van der Waals surface area contributed by atoms with Crippen molar-refractivity contribution in [1.29, 1.82) is 0 Å². The number of hydrogen-bond acceptors (Lipinski definition) is 0. The van der Waals surface area contributed by atoms with E-state index in [1.807, 2.05) is 12.1 Å². The number of nitrogens with one attached hydrogen (secondary N) is 1. The molecule has 1 heterocycles. The molecule has 0 amide bonds. The van der Waals surface area contributed by atoms with Gasteiger partial charge in [-0.2, -0.15) is 13.2 Å². The van der Waals surface area contributed by atoms with E-state index in [1.165, 1.54) is 11.6 Å². The summed E-state index contributed by atoms with van der Waals surface area (Å²) in [5.41, 5.74) is 3.82. The van der Waals surface area contributed by atoms with Crippen LogP contribution in [-0.2, 0) is 17.0 Å². The Bertz CT molecular complexity index is 1280. The maximum Gasteiger partial charge on any atom is 0.417 e. The second kappa shape index (κ2) is 6.88. The normalized spacial score (nSPS) is 13.3. The van der Waals surface area contributed by atoms with E-state index in [9.17, 15) is 13.2 Å². The molecule has 0 aliphatic rings. The van der Waals surface area contributed by atoms with Gasteiger partial charge in [0.2, 0.25) is 0 Å². The van der Waals surface area contributed by atoms with Crippen molar-refractivity contribution in [3.63, 3.8) is 0 Å². The van der Waals surface area contributed by atoms with Crippen LogP contribution in [-0.4, -0.2) is 4.98 Å². The van der Waals surface area contributed by atoms with Crippen LogP contribution in [0.3, 0.4) is 0 Å². The summed E-state index contributed by atoms with van der Waals surface area (Å²) in [7, 11) is 0. The number of rotatable bonds is 1. The number of alkyl halides is 3. The minimum atomic E-state index is -4.42. The second-order valence-corrected chi connectivity index (χ2v) is 10.4. The number of fused-ring (bicyclic) bond motifs is 3. The van der Waals surface area contributed by atoms with Crippen LogP contribution in [0.25, 0.3) is 32.9 Å². The molecule has 0 aliphatic carbocycles. The molecule has 4 aromatic rings. The van der Waals surface area contributed by atoms with Crippen LogP contribution in [0.4, 0.5) is 13.2 Å². The van der Waals surface area contributed by atoms with Gasteiger partial charge < -0.3 is 4.98 Å². The lowest BCUT2D eigenvalue weighted by molar-refractivity contribution is -0.137. The standard InChI is InChI=1S/C27H28F3N/c1-25(2,3)16-11-12-23-19(13-16)21-15-17(26(4,5)6)14-20(24(21)31-23)18-9-7-8-10-22(18)27(28,29)30/h7-15,31H,1-6H3. The molecule has 0 fully saturated rings. The molecule has 0 aliphatic heterocycles. The molecule has 4 heteroatoms. The molecule has 1 nitrogen and oxygen atoms in total. The van der Waals surface area contributed by atoms with Gasteiger partial charge in [-0.1, -0.05) is 65.8 Å². The van der Waals surface area contributed by atoms with Gasteiger partial charge in [-0.15, -0.1) is 0 Å². The fourth-order valence-corrected chi connectivity index (χ4v) is 4.08. The third-order valence-corrected chi connectivity index (χ3v) is 5.96. The van der Waals surface area contributed by atoms with E-state index in [0.29, 0.717) is 5.56 Å². The average Bonchev–Trinajstić information content (AvgIpc) is 3.03. The minimum Gasteiger partial charge on any atom is -0.354 e. The van der Waals surface area contributed by atoms with Crippen LogP contribution in [0.15, 0.2) is 54.6 Å². The summed E-state index contributed by atoms with van der Waals surface area (Å²) in [6.45, 7) is 12.7. The Morgan fingerprint density at radius 1 is 0.645 bits per heavy atom. The highest BCUT2D eigenvalue weighted by atomic mass is 19.4. The Kier molecular flexibility index (Phi) is 4.77. The van der Waals surface area contributed by atoms with Crippen LogP contribution in [0.1, 0.15) is 58.2 Å². The lowest BCUT2D eigenvalue weighted by Gasteiger charge is -2.22. The number of aromatic nitrogens is 1.